The minimum absolute atomic E-state index is 0.516. The number of rotatable bonds is 5. The van der Waals surface area contributed by atoms with Gasteiger partial charge in [-0.05, 0) is 59.4 Å². The highest BCUT2D eigenvalue weighted by Crippen LogP contribution is 2.34. The van der Waals surface area contributed by atoms with Crippen molar-refractivity contribution in [3.05, 3.63) is 33.9 Å². The van der Waals surface area contributed by atoms with Crippen molar-refractivity contribution < 1.29 is 9.47 Å². The molecule has 1 aliphatic rings. The molecule has 2 nitrogen and oxygen atoms in total. The zero-order valence-corrected chi connectivity index (χ0v) is 12.7. The van der Waals surface area contributed by atoms with Gasteiger partial charge in [0.2, 0.25) is 0 Å². The Morgan fingerprint density at radius 3 is 2.37 bits per heavy atom. The van der Waals surface area contributed by atoms with Crippen molar-refractivity contribution in [3.63, 3.8) is 0 Å². The first kappa shape index (κ1) is 14.5. The molecule has 106 valence electrons. The number of benzene rings is 1. The maximum atomic E-state index is 5.48. The van der Waals surface area contributed by atoms with Crippen LogP contribution in [-0.2, 0) is 35.5 Å². The molecule has 0 unspecified atom stereocenters. The second-order valence-electron chi connectivity index (χ2n) is 5.79. The van der Waals surface area contributed by atoms with Crippen LogP contribution < -0.4 is 0 Å². The maximum absolute atomic E-state index is 5.48. The Balaban J connectivity index is 2.58. The zero-order chi connectivity index (χ0) is 13.8. The fraction of sp³-hybridized carbons (Fsp3) is 0.647. The van der Waals surface area contributed by atoms with Crippen LogP contribution >= 0.6 is 0 Å². The molecular formula is C17H26O2. The van der Waals surface area contributed by atoms with Crippen molar-refractivity contribution >= 4 is 0 Å². The van der Waals surface area contributed by atoms with Crippen LogP contribution in [0.25, 0.3) is 0 Å². The van der Waals surface area contributed by atoms with Gasteiger partial charge in [0.15, 0.2) is 0 Å². The molecule has 19 heavy (non-hydrogen) atoms. The molecule has 0 heterocycles. The van der Waals surface area contributed by atoms with Gasteiger partial charge in [-0.1, -0.05) is 19.9 Å². The second kappa shape index (κ2) is 6.53. The number of ether oxygens (including phenoxy) is 2. The minimum Gasteiger partial charge on any atom is -0.380 e. The van der Waals surface area contributed by atoms with Crippen molar-refractivity contribution in [2.24, 2.45) is 0 Å². The number of hydrogen-bond acceptors (Lipinski definition) is 2. The Hall–Kier alpha value is -0.860. The summed E-state index contributed by atoms with van der Waals surface area (Å²) in [5, 5.41) is 0. The Morgan fingerprint density at radius 1 is 1.05 bits per heavy atom. The lowest BCUT2D eigenvalue weighted by molar-refractivity contribution is 0.177. The van der Waals surface area contributed by atoms with E-state index in [9.17, 15) is 0 Å². The monoisotopic (exact) mass is 262 g/mol. The van der Waals surface area contributed by atoms with Crippen LogP contribution in [0.4, 0.5) is 0 Å². The van der Waals surface area contributed by atoms with Crippen LogP contribution in [0.5, 0.6) is 0 Å². The van der Waals surface area contributed by atoms with Gasteiger partial charge in [0, 0.05) is 14.2 Å². The minimum atomic E-state index is 0.516. The summed E-state index contributed by atoms with van der Waals surface area (Å²) in [6.07, 6.45) is 5.04. The quantitative estimate of drug-likeness (QED) is 0.799. The highest BCUT2D eigenvalue weighted by Gasteiger charge is 2.21. The molecule has 0 radical (unpaired) electrons. The Kier molecular flexibility index (Phi) is 5.00. The van der Waals surface area contributed by atoms with E-state index in [0.717, 1.165) is 6.61 Å². The maximum Gasteiger partial charge on any atom is 0.0718 e. The van der Waals surface area contributed by atoms with Crippen molar-refractivity contribution in [2.75, 3.05) is 14.2 Å². The number of methoxy groups -OCH3 is 2. The average molecular weight is 262 g/mol. The molecule has 1 aromatic carbocycles. The summed E-state index contributed by atoms with van der Waals surface area (Å²) < 4.78 is 10.9. The third-order valence-electron chi connectivity index (χ3n) is 4.06. The molecule has 0 aliphatic heterocycles. The lowest BCUT2D eigenvalue weighted by atomic mass is 9.81. The van der Waals surface area contributed by atoms with E-state index < -0.39 is 0 Å². The van der Waals surface area contributed by atoms with Crippen LogP contribution in [-0.4, -0.2) is 14.2 Å². The first-order valence-corrected chi connectivity index (χ1v) is 7.33. The van der Waals surface area contributed by atoms with Gasteiger partial charge in [0.05, 0.1) is 13.2 Å². The fourth-order valence-corrected chi connectivity index (χ4v) is 3.38. The van der Waals surface area contributed by atoms with E-state index in [2.05, 4.69) is 19.9 Å². The van der Waals surface area contributed by atoms with E-state index >= 15 is 0 Å². The highest BCUT2D eigenvalue weighted by molar-refractivity contribution is 5.48. The molecule has 0 saturated heterocycles. The molecule has 2 rings (SSSR count). The van der Waals surface area contributed by atoms with E-state index in [0.29, 0.717) is 12.5 Å². The van der Waals surface area contributed by atoms with Crippen molar-refractivity contribution in [1.29, 1.82) is 0 Å². The molecular weight excluding hydrogens is 236 g/mol. The molecule has 0 N–H and O–H groups in total. The van der Waals surface area contributed by atoms with E-state index in [1.165, 1.54) is 47.9 Å². The normalized spacial score (nSPS) is 14.8. The molecule has 0 fully saturated rings. The average Bonchev–Trinajstić information content (AvgIpc) is 2.39. The van der Waals surface area contributed by atoms with Crippen LogP contribution in [0, 0.1) is 0 Å². The largest absolute Gasteiger partial charge is 0.380 e. The van der Waals surface area contributed by atoms with Gasteiger partial charge >= 0.3 is 0 Å². The molecule has 0 atom stereocenters. The predicted molar refractivity (Wildman–Crippen MR) is 78.6 cm³/mol. The molecule has 0 aromatic heterocycles. The molecule has 1 aliphatic carbocycles. The third kappa shape index (κ3) is 3.01. The lowest BCUT2D eigenvalue weighted by Gasteiger charge is -2.26. The molecule has 0 amide bonds. The summed E-state index contributed by atoms with van der Waals surface area (Å²) in [7, 11) is 3.57. The first-order valence-electron chi connectivity index (χ1n) is 7.33. The zero-order valence-electron chi connectivity index (χ0n) is 12.7. The van der Waals surface area contributed by atoms with Crippen LogP contribution in [0.1, 0.15) is 60.4 Å². The van der Waals surface area contributed by atoms with Gasteiger partial charge in [0.25, 0.3) is 0 Å². The fourth-order valence-electron chi connectivity index (χ4n) is 3.38. The Labute approximate surface area is 117 Å². The van der Waals surface area contributed by atoms with Crippen molar-refractivity contribution in [3.8, 4) is 0 Å². The molecule has 0 bridgehead atoms. The van der Waals surface area contributed by atoms with Gasteiger partial charge in [0.1, 0.15) is 0 Å². The topological polar surface area (TPSA) is 18.5 Å². The first-order chi connectivity index (χ1) is 9.19. The lowest BCUT2D eigenvalue weighted by Crippen LogP contribution is -2.14. The summed E-state index contributed by atoms with van der Waals surface area (Å²) >= 11 is 0. The Bertz CT molecular complexity index is 435. The van der Waals surface area contributed by atoms with Gasteiger partial charge in [-0.15, -0.1) is 0 Å². The summed E-state index contributed by atoms with van der Waals surface area (Å²) in [5.74, 6) is 0.516. The summed E-state index contributed by atoms with van der Waals surface area (Å²) in [6, 6.07) is 2.38. The van der Waals surface area contributed by atoms with Gasteiger partial charge in [-0.2, -0.15) is 0 Å². The molecule has 0 saturated carbocycles. The van der Waals surface area contributed by atoms with Gasteiger partial charge in [-0.3, -0.25) is 0 Å². The van der Waals surface area contributed by atoms with Crippen LogP contribution in [0.3, 0.4) is 0 Å². The number of aryl methyl sites for hydroxylation is 1. The molecule has 2 heteroatoms. The van der Waals surface area contributed by atoms with Gasteiger partial charge in [-0.25, -0.2) is 0 Å². The summed E-state index contributed by atoms with van der Waals surface area (Å²) in [6.45, 7) is 5.97. The van der Waals surface area contributed by atoms with E-state index in [1.807, 2.05) is 0 Å². The van der Waals surface area contributed by atoms with Crippen molar-refractivity contribution in [1.82, 2.24) is 0 Å². The SMILES string of the molecule is COCc1cc2c(c(COC)c1C(C)C)CCCC2. The number of hydrogen-bond donors (Lipinski definition) is 0. The third-order valence-corrected chi connectivity index (χ3v) is 4.06. The van der Waals surface area contributed by atoms with Crippen molar-refractivity contribution in [2.45, 2.75) is 58.7 Å². The molecule has 1 aromatic rings. The van der Waals surface area contributed by atoms with Crippen LogP contribution in [0.2, 0.25) is 0 Å². The second-order valence-corrected chi connectivity index (χ2v) is 5.79. The highest BCUT2D eigenvalue weighted by atomic mass is 16.5. The van der Waals surface area contributed by atoms with E-state index in [-0.39, 0.29) is 0 Å². The van der Waals surface area contributed by atoms with E-state index in [4.69, 9.17) is 9.47 Å². The van der Waals surface area contributed by atoms with Gasteiger partial charge < -0.3 is 9.47 Å². The standard InChI is InChI=1S/C17H26O2/c1-12(2)17-14(10-18-3)9-13-7-5-6-8-15(13)16(17)11-19-4/h9,12H,5-8,10-11H2,1-4H3. The summed E-state index contributed by atoms with van der Waals surface area (Å²) in [5.41, 5.74) is 7.31. The summed E-state index contributed by atoms with van der Waals surface area (Å²) in [4.78, 5) is 0. The van der Waals surface area contributed by atoms with Crippen LogP contribution in [0.15, 0.2) is 6.07 Å². The van der Waals surface area contributed by atoms with E-state index in [1.54, 1.807) is 19.8 Å². The number of fused-ring (bicyclic) bond motifs is 1. The molecule has 0 spiro atoms. The Morgan fingerprint density at radius 2 is 1.74 bits per heavy atom. The smallest absolute Gasteiger partial charge is 0.0718 e. The predicted octanol–water partition coefficient (Wildman–Crippen LogP) is 3.98.